The van der Waals surface area contributed by atoms with E-state index < -0.39 is 0 Å². The lowest BCUT2D eigenvalue weighted by molar-refractivity contribution is -0.130. The Morgan fingerprint density at radius 1 is 1.20 bits per heavy atom. The zero-order chi connectivity index (χ0) is 17.8. The molecule has 1 heterocycles. The summed E-state index contributed by atoms with van der Waals surface area (Å²) in [5.41, 5.74) is 4.32. The van der Waals surface area contributed by atoms with Crippen molar-refractivity contribution < 1.29 is 4.79 Å². The summed E-state index contributed by atoms with van der Waals surface area (Å²) in [6.07, 6.45) is 7.01. The van der Waals surface area contributed by atoms with Gasteiger partial charge in [-0.1, -0.05) is 43.9 Å². The molecule has 0 radical (unpaired) electrons. The third-order valence-electron chi connectivity index (χ3n) is 5.50. The van der Waals surface area contributed by atoms with Crippen LogP contribution in [-0.2, 0) is 11.3 Å². The maximum atomic E-state index is 12.5. The minimum absolute atomic E-state index is 0.248. The molecule has 4 nitrogen and oxygen atoms in total. The average Bonchev–Trinajstić information content (AvgIpc) is 3.24. The summed E-state index contributed by atoms with van der Waals surface area (Å²) in [6.45, 7) is 4.74. The molecule has 3 rings (SSSR count). The standard InChI is InChI=1S/C21H29N3O/c1-16-20(17(2)24(22-16)19-11-5-4-6-12-19)15-23(3)21(25)14-13-18-9-7-8-10-18/h4-6,11-12,18H,7-10,13-15H2,1-3H3. The molecule has 0 spiro atoms. The first-order valence-corrected chi connectivity index (χ1v) is 9.40. The first-order chi connectivity index (χ1) is 12.1. The van der Waals surface area contributed by atoms with Gasteiger partial charge in [-0.3, -0.25) is 4.79 Å². The highest BCUT2D eigenvalue weighted by Gasteiger charge is 2.20. The molecule has 0 aliphatic heterocycles. The topological polar surface area (TPSA) is 38.1 Å². The second kappa shape index (κ2) is 7.85. The fraction of sp³-hybridized carbons (Fsp3) is 0.524. The number of hydrogen-bond acceptors (Lipinski definition) is 2. The Labute approximate surface area is 150 Å². The molecular formula is C21H29N3O. The van der Waals surface area contributed by atoms with Crippen LogP contribution in [0.5, 0.6) is 0 Å². The van der Waals surface area contributed by atoms with E-state index >= 15 is 0 Å². The molecule has 4 heteroatoms. The monoisotopic (exact) mass is 339 g/mol. The number of hydrogen-bond donors (Lipinski definition) is 0. The van der Waals surface area contributed by atoms with Gasteiger partial charge < -0.3 is 4.90 Å². The molecule has 1 aromatic heterocycles. The predicted molar refractivity (Wildman–Crippen MR) is 101 cm³/mol. The van der Waals surface area contributed by atoms with E-state index in [1.807, 2.05) is 41.8 Å². The van der Waals surface area contributed by atoms with Crippen molar-refractivity contribution in [3.63, 3.8) is 0 Å². The molecule has 1 saturated carbocycles. The van der Waals surface area contributed by atoms with Gasteiger partial charge in [-0.2, -0.15) is 5.10 Å². The Balaban J connectivity index is 1.65. The number of benzene rings is 1. The second-order valence-electron chi connectivity index (χ2n) is 7.34. The number of carbonyl (C=O) groups excluding carboxylic acids is 1. The Bertz CT molecular complexity index is 714. The Kier molecular flexibility index (Phi) is 5.57. The lowest BCUT2D eigenvalue weighted by Crippen LogP contribution is -2.26. The summed E-state index contributed by atoms with van der Waals surface area (Å²) in [6, 6.07) is 10.2. The molecule has 1 fully saturated rings. The van der Waals surface area contributed by atoms with Gasteiger partial charge in [0.1, 0.15) is 0 Å². The normalized spacial score (nSPS) is 14.8. The van der Waals surface area contributed by atoms with E-state index in [9.17, 15) is 4.79 Å². The van der Waals surface area contributed by atoms with Crippen molar-refractivity contribution in [2.24, 2.45) is 5.92 Å². The number of amides is 1. The van der Waals surface area contributed by atoms with Crippen LogP contribution in [0.25, 0.3) is 5.69 Å². The van der Waals surface area contributed by atoms with E-state index in [1.165, 1.54) is 25.7 Å². The molecule has 1 aliphatic carbocycles. The van der Waals surface area contributed by atoms with Crippen LogP contribution in [0.4, 0.5) is 0 Å². The van der Waals surface area contributed by atoms with Crippen LogP contribution < -0.4 is 0 Å². The summed E-state index contributed by atoms with van der Waals surface area (Å²) in [5, 5.41) is 4.68. The highest BCUT2D eigenvalue weighted by atomic mass is 16.2. The zero-order valence-corrected chi connectivity index (χ0v) is 15.7. The molecule has 0 atom stereocenters. The van der Waals surface area contributed by atoms with Gasteiger partial charge in [0.05, 0.1) is 11.4 Å². The van der Waals surface area contributed by atoms with Gasteiger partial charge in [0, 0.05) is 31.3 Å². The SMILES string of the molecule is Cc1nn(-c2ccccc2)c(C)c1CN(C)C(=O)CCC1CCCC1. The van der Waals surface area contributed by atoms with Gasteiger partial charge in [-0.25, -0.2) is 4.68 Å². The van der Waals surface area contributed by atoms with Crippen molar-refractivity contribution in [1.82, 2.24) is 14.7 Å². The highest BCUT2D eigenvalue weighted by molar-refractivity contribution is 5.75. The van der Waals surface area contributed by atoms with Gasteiger partial charge in [-0.05, 0) is 38.3 Å². The van der Waals surface area contributed by atoms with E-state index in [-0.39, 0.29) is 5.91 Å². The fourth-order valence-electron chi connectivity index (χ4n) is 3.87. The zero-order valence-electron chi connectivity index (χ0n) is 15.7. The number of nitrogens with zero attached hydrogens (tertiary/aromatic N) is 3. The van der Waals surface area contributed by atoms with Gasteiger partial charge in [0.2, 0.25) is 5.91 Å². The molecule has 0 unspecified atom stereocenters. The van der Waals surface area contributed by atoms with Crippen LogP contribution in [0.2, 0.25) is 0 Å². The van der Waals surface area contributed by atoms with Crippen LogP contribution in [0.1, 0.15) is 55.5 Å². The van der Waals surface area contributed by atoms with E-state index in [4.69, 9.17) is 0 Å². The van der Waals surface area contributed by atoms with Gasteiger partial charge in [0.15, 0.2) is 0 Å². The minimum atomic E-state index is 0.248. The van der Waals surface area contributed by atoms with Crippen molar-refractivity contribution in [2.45, 2.75) is 58.9 Å². The van der Waals surface area contributed by atoms with Crippen LogP contribution in [0.15, 0.2) is 30.3 Å². The third-order valence-corrected chi connectivity index (χ3v) is 5.50. The maximum Gasteiger partial charge on any atom is 0.222 e. The van der Waals surface area contributed by atoms with Crippen molar-refractivity contribution in [2.75, 3.05) is 7.05 Å². The first kappa shape index (κ1) is 17.7. The van der Waals surface area contributed by atoms with Crippen molar-refractivity contribution in [1.29, 1.82) is 0 Å². The number of para-hydroxylation sites is 1. The molecule has 1 aromatic carbocycles. The summed E-state index contributed by atoms with van der Waals surface area (Å²) >= 11 is 0. The van der Waals surface area contributed by atoms with Crippen LogP contribution in [0, 0.1) is 19.8 Å². The molecule has 1 aliphatic rings. The largest absolute Gasteiger partial charge is 0.341 e. The van der Waals surface area contributed by atoms with E-state index in [0.29, 0.717) is 13.0 Å². The van der Waals surface area contributed by atoms with E-state index in [1.54, 1.807) is 0 Å². The molecule has 1 amide bonds. The molecule has 0 bridgehead atoms. The molecule has 0 N–H and O–H groups in total. The molecule has 0 saturated heterocycles. The van der Waals surface area contributed by atoms with Crippen molar-refractivity contribution >= 4 is 5.91 Å². The summed E-state index contributed by atoms with van der Waals surface area (Å²) in [5.74, 6) is 1.01. The number of aromatic nitrogens is 2. The Morgan fingerprint density at radius 2 is 1.88 bits per heavy atom. The van der Waals surface area contributed by atoms with Gasteiger partial charge >= 0.3 is 0 Å². The summed E-state index contributed by atoms with van der Waals surface area (Å²) in [7, 11) is 1.91. The van der Waals surface area contributed by atoms with E-state index in [2.05, 4.69) is 24.2 Å². The number of carbonyl (C=O) groups is 1. The van der Waals surface area contributed by atoms with E-state index in [0.717, 1.165) is 35.0 Å². The molecule has 2 aromatic rings. The predicted octanol–water partition coefficient (Wildman–Crippen LogP) is 4.42. The molecule has 25 heavy (non-hydrogen) atoms. The van der Waals surface area contributed by atoms with Crippen LogP contribution in [-0.4, -0.2) is 27.6 Å². The molecular weight excluding hydrogens is 310 g/mol. The third kappa shape index (κ3) is 4.12. The minimum Gasteiger partial charge on any atom is -0.341 e. The number of aryl methyl sites for hydroxylation is 1. The Morgan fingerprint density at radius 3 is 2.56 bits per heavy atom. The first-order valence-electron chi connectivity index (χ1n) is 9.40. The fourth-order valence-corrected chi connectivity index (χ4v) is 3.87. The van der Waals surface area contributed by atoms with Gasteiger partial charge in [0.25, 0.3) is 0 Å². The maximum absolute atomic E-state index is 12.5. The highest BCUT2D eigenvalue weighted by Crippen LogP contribution is 2.29. The van der Waals surface area contributed by atoms with Crippen molar-refractivity contribution in [3.8, 4) is 5.69 Å². The summed E-state index contributed by atoms with van der Waals surface area (Å²) in [4.78, 5) is 14.4. The second-order valence-corrected chi connectivity index (χ2v) is 7.34. The smallest absolute Gasteiger partial charge is 0.222 e. The van der Waals surface area contributed by atoms with Gasteiger partial charge in [-0.15, -0.1) is 0 Å². The lowest BCUT2D eigenvalue weighted by Gasteiger charge is -2.19. The number of rotatable bonds is 6. The average molecular weight is 339 g/mol. The van der Waals surface area contributed by atoms with Crippen molar-refractivity contribution in [3.05, 3.63) is 47.3 Å². The Hall–Kier alpha value is -2.10. The quantitative estimate of drug-likeness (QED) is 0.781. The van der Waals surface area contributed by atoms with Crippen LogP contribution >= 0.6 is 0 Å². The summed E-state index contributed by atoms with van der Waals surface area (Å²) < 4.78 is 1.97. The van der Waals surface area contributed by atoms with Crippen LogP contribution in [0.3, 0.4) is 0 Å². The lowest BCUT2D eigenvalue weighted by atomic mass is 10.0. The molecule has 134 valence electrons.